The molecule has 0 heterocycles. The lowest BCUT2D eigenvalue weighted by Gasteiger charge is -2.25. The van der Waals surface area contributed by atoms with Gasteiger partial charge in [-0.1, -0.05) is 6.07 Å². The van der Waals surface area contributed by atoms with Crippen molar-refractivity contribution >= 4 is 27.3 Å². The molecule has 192 valence electrons. The number of hydrogen-bond acceptors (Lipinski definition) is 7. The van der Waals surface area contributed by atoms with Crippen molar-refractivity contribution in [1.82, 2.24) is 0 Å². The van der Waals surface area contributed by atoms with Crippen LogP contribution < -0.4 is 28.6 Å². The van der Waals surface area contributed by atoms with Crippen LogP contribution in [-0.2, 0) is 14.8 Å². The van der Waals surface area contributed by atoms with Crippen molar-refractivity contribution in [3.05, 3.63) is 66.2 Å². The summed E-state index contributed by atoms with van der Waals surface area (Å²) in [5, 5.41) is 2.76. The van der Waals surface area contributed by atoms with Crippen molar-refractivity contribution in [1.29, 1.82) is 0 Å². The van der Waals surface area contributed by atoms with Crippen molar-refractivity contribution in [2.45, 2.75) is 18.7 Å². The lowest BCUT2D eigenvalue weighted by atomic mass is 10.2. The third kappa shape index (κ3) is 6.01. The number of sulfonamides is 1. The van der Waals surface area contributed by atoms with Gasteiger partial charge in [0.1, 0.15) is 18.0 Å². The van der Waals surface area contributed by atoms with Crippen LogP contribution in [0.1, 0.15) is 12.5 Å². The predicted octanol–water partition coefficient (Wildman–Crippen LogP) is 4.25. The first-order valence-corrected chi connectivity index (χ1v) is 12.6. The van der Waals surface area contributed by atoms with Gasteiger partial charge in [0.15, 0.2) is 11.5 Å². The molecule has 1 N–H and O–H groups in total. The first-order chi connectivity index (χ1) is 17.2. The molecule has 0 saturated heterocycles. The Morgan fingerprint density at radius 3 is 2.11 bits per heavy atom. The molecule has 0 atom stereocenters. The Bertz CT molecular complexity index is 1310. The SMILES string of the molecule is CCOc1ccc(N(CC(=O)Nc2cc(C)ccc2OC)S(=O)(=O)c2ccc(OC)c(OC)c2)cc1. The predicted molar refractivity (Wildman–Crippen MR) is 138 cm³/mol. The highest BCUT2D eigenvalue weighted by Gasteiger charge is 2.29. The van der Waals surface area contributed by atoms with Gasteiger partial charge in [-0.15, -0.1) is 0 Å². The van der Waals surface area contributed by atoms with Crippen LogP contribution in [0.3, 0.4) is 0 Å². The summed E-state index contributed by atoms with van der Waals surface area (Å²) < 4.78 is 49.9. The Kier molecular flexibility index (Phi) is 8.65. The van der Waals surface area contributed by atoms with Crippen LogP contribution in [0.15, 0.2) is 65.6 Å². The van der Waals surface area contributed by atoms with Crippen LogP contribution in [0.2, 0.25) is 0 Å². The standard InChI is InChI=1S/C26H30N2O7S/c1-6-35-20-10-8-19(9-11-20)28(17-26(29)27-22-15-18(2)7-13-23(22)32-3)36(30,31)21-12-14-24(33-4)25(16-21)34-5/h7-16H,6,17H2,1-5H3,(H,27,29). The Balaban J connectivity index is 2.01. The van der Waals surface area contributed by atoms with E-state index < -0.39 is 22.5 Å². The molecule has 1 amide bonds. The minimum Gasteiger partial charge on any atom is -0.495 e. The van der Waals surface area contributed by atoms with Crippen LogP contribution in [0.4, 0.5) is 11.4 Å². The number of nitrogens with one attached hydrogen (secondary N) is 1. The van der Waals surface area contributed by atoms with E-state index in [4.69, 9.17) is 18.9 Å². The first-order valence-electron chi connectivity index (χ1n) is 11.2. The number of ether oxygens (including phenoxy) is 4. The Hall–Kier alpha value is -3.92. The number of nitrogens with zero attached hydrogens (tertiary/aromatic N) is 1. The molecule has 3 aromatic rings. The van der Waals surface area contributed by atoms with Crippen LogP contribution in [0.25, 0.3) is 0 Å². The number of amides is 1. The molecule has 0 aliphatic rings. The van der Waals surface area contributed by atoms with Crippen LogP contribution in [0, 0.1) is 6.92 Å². The summed E-state index contributed by atoms with van der Waals surface area (Å²) >= 11 is 0. The highest BCUT2D eigenvalue weighted by Crippen LogP contribution is 2.33. The maximum absolute atomic E-state index is 13.8. The highest BCUT2D eigenvalue weighted by atomic mass is 32.2. The molecule has 0 aromatic heterocycles. The molecule has 0 bridgehead atoms. The number of benzene rings is 3. The van der Waals surface area contributed by atoms with E-state index >= 15 is 0 Å². The van der Waals surface area contributed by atoms with Crippen LogP contribution in [0.5, 0.6) is 23.0 Å². The summed E-state index contributed by atoms with van der Waals surface area (Å²) in [5.41, 5.74) is 1.64. The number of hydrogen-bond donors (Lipinski definition) is 1. The third-order valence-corrected chi connectivity index (χ3v) is 7.06. The summed E-state index contributed by atoms with van der Waals surface area (Å²) in [5.74, 6) is 1.13. The average molecular weight is 515 g/mol. The summed E-state index contributed by atoms with van der Waals surface area (Å²) in [6.45, 7) is 3.71. The quantitative estimate of drug-likeness (QED) is 0.408. The summed E-state index contributed by atoms with van der Waals surface area (Å²) in [7, 11) is 0.189. The molecule has 0 aliphatic heterocycles. The number of aryl methyl sites for hydroxylation is 1. The van der Waals surface area contributed by atoms with Crippen molar-refractivity contribution in [2.24, 2.45) is 0 Å². The van der Waals surface area contributed by atoms with Gasteiger partial charge < -0.3 is 24.3 Å². The monoisotopic (exact) mass is 514 g/mol. The Morgan fingerprint density at radius 2 is 1.50 bits per heavy atom. The Morgan fingerprint density at radius 1 is 0.861 bits per heavy atom. The van der Waals surface area contributed by atoms with E-state index in [1.807, 2.05) is 19.9 Å². The van der Waals surface area contributed by atoms with Gasteiger partial charge in [-0.05, 0) is 67.9 Å². The van der Waals surface area contributed by atoms with Gasteiger partial charge in [0.2, 0.25) is 5.91 Å². The molecule has 0 unspecified atom stereocenters. The number of anilines is 2. The summed E-state index contributed by atoms with van der Waals surface area (Å²) in [6, 6.07) is 16.1. The van der Waals surface area contributed by atoms with Gasteiger partial charge in [-0.25, -0.2) is 8.42 Å². The van der Waals surface area contributed by atoms with Crippen LogP contribution >= 0.6 is 0 Å². The van der Waals surface area contributed by atoms with E-state index in [2.05, 4.69) is 5.32 Å². The van der Waals surface area contributed by atoms with E-state index in [1.165, 1.54) is 39.5 Å². The van der Waals surface area contributed by atoms with Crippen molar-refractivity contribution in [3.63, 3.8) is 0 Å². The van der Waals surface area contributed by atoms with Crippen molar-refractivity contribution in [3.8, 4) is 23.0 Å². The molecule has 3 rings (SSSR count). The van der Waals surface area contributed by atoms with Crippen molar-refractivity contribution < 1.29 is 32.2 Å². The molecule has 10 heteroatoms. The molecule has 9 nitrogen and oxygen atoms in total. The molecule has 0 radical (unpaired) electrons. The normalized spacial score (nSPS) is 10.9. The molecule has 36 heavy (non-hydrogen) atoms. The third-order valence-electron chi connectivity index (χ3n) is 5.29. The highest BCUT2D eigenvalue weighted by molar-refractivity contribution is 7.92. The molecule has 0 aliphatic carbocycles. The number of carbonyl (C=O) groups excluding carboxylic acids is 1. The van der Waals surface area contributed by atoms with Gasteiger partial charge in [-0.3, -0.25) is 9.10 Å². The van der Waals surface area contributed by atoms with Gasteiger partial charge in [0, 0.05) is 6.07 Å². The van der Waals surface area contributed by atoms with Crippen LogP contribution in [-0.4, -0.2) is 48.8 Å². The zero-order valence-corrected chi connectivity index (χ0v) is 21.7. The second kappa shape index (κ2) is 11.7. The van der Waals surface area contributed by atoms with E-state index in [1.54, 1.807) is 36.4 Å². The first kappa shape index (κ1) is 26.7. The van der Waals surface area contributed by atoms with Gasteiger partial charge in [-0.2, -0.15) is 0 Å². The van der Waals surface area contributed by atoms with Gasteiger partial charge >= 0.3 is 0 Å². The summed E-state index contributed by atoms with van der Waals surface area (Å²) in [4.78, 5) is 13.0. The molecule has 0 saturated carbocycles. The second-order valence-corrected chi connectivity index (χ2v) is 9.57. The summed E-state index contributed by atoms with van der Waals surface area (Å²) in [6.07, 6.45) is 0. The molecular weight excluding hydrogens is 484 g/mol. The fourth-order valence-electron chi connectivity index (χ4n) is 3.53. The fourth-order valence-corrected chi connectivity index (χ4v) is 4.97. The maximum atomic E-state index is 13.8. The smallest absolute Gasteiger partial charge is 0.264 e. The lowest BCUT2D eigenvalue weighted by molar-refractivity contribution is -0.114. The molecule has 0 spiro atoms. The molecule has 0 fully saturated rings. The van der Waals surface area contributed by atoms with E-state index in [0.29, 0.717) is 35.2 Å². The van der Waals surface area contributed by atoms with Crippen molar-refractivity contribution in [2.75, 3.05) is 44.1 Å². The topological polar surface area (TPSA) is 103 Å². The minimum atomic E-state index is -4.18. The largest absolute Gasteiger partial charge is 0.495 e. The average Bonchev–Trinajstić information content (AvgIpc) is 2.87. The zero-order valence-electron chi connectivity index (χ0n) is 20.9. The van der Waals surface area contributed by atoms with E-state index in [-0.39, 0.29) is 10.6 Å². The van der Waals surface area contributed by atoms with Gasteiger partial charge in [0.25, 0.3) is 10.0 Å². The van der Waals surface area contributed by atoms with E-state index in [0.717, 1.165) is 9.87 Å². The number of methoxy groups -OCH3 is 3. The Labute approximate surface area is 211 Å². The fraction of sp³-hybridized carbons (Fsp3) is 0.269. The second-order valence-electron chi connectivity index (χ2n) is 7.71. The maximum Gasteiger partial charge on any atom is 0.264 e. The van der Waals surface area contributed by atoms with E-state index in [9.17, 15) is 13.2 Å². The number of carbonyl (C=O) groups is 1. The van der Waals surface area contributed by atoms with Gasteiger partial charge in [0.05, 0.1) is 44.2 Å². The minimum absolute atomic E-state index is 0.0602. The lowest BCUT2D eigenvalue weighted by Crippen LogP contribution is -2.38. The zero-order chi connectivity index (χ0) is 26.3. The molecular formula is C26H30N2O7S. The number of rotatable bonds is 11. The molecule has 3 aromatic carbocycles.